The van der Waals surface area contributed by atoms with E-state index in [4.69, 9.17) is 0 Å². The van der Waals surface area contributed by atoms with Gasteiger partial charge in [0.2, 0.25) is 5.91 Å². The van der Waals surface area contributed by atoms with E-state index in [-0.39, 0.29) is 5.91 Å². The molecule has 1 heterocycles. The average Bonchev–Trinajstić information content (AvgIpc) is 3.02. The van der Waals surface area contributed by atoms with Crippen LogP contribution in [-0.4, -0.2) is 23.1 Å². The highest BCUT2D eigenvalue weighted by Gasteiger charge is 2.22. The van der Waals surface area contributed by atoms with Crippen LogP contribution in [-0.2, 0) is 11.3 Å². The number of carbonyl (C=O) groups excluding carboxylic acids is 1. The molecule has 0 bridgehead atoms. The van der Waals surface area contributed by atoms with Gasteiger partial charge in [0.05, 0.1) is 0 Å². The predicted octanol–water partition coefficient (Wildman–Crippen LogP) is 1.83. The van der Waals surface area contributed by atoms with Gasteiger partial charge >= 0.3 is 0 Å². The van der Waals surface area contributed by atoms with Crippen molar-refractivity contribution >= 4 is 5.91 Å². The lowest BCUT2D eigenvalue weighted by atomic mass is 10.2. The summed E-state index contributed by atoms with van der Waals surface area (Å²) in [6.07, 6.45) is 4.92. The molecule has 0 saturated heterocycles. The fraction of sp³-hybridized carbons (Fsp3) is 0.643. The van der Waals surface area contributed by atoms with Crippen molar-refractivity contribution in [2.45, 2.75) is 51.7 Å². The number of aryl methyl sites for hydroxylation is 1. The predicted molar refractivity (Wildman–Crippen MR) is 72.3 cm³/mol. The van der Waals surface area contributed by atoms with Gasteiger partial charge in [-0.05, 0) is 38.4 Å². The molecular formula is C14H23N3O. The van der Waals surface area contributed by atoms with Crippen LogP contribution in [0.1, 0.15) is 44.8 Å². The van der Waals surface area contributed by atoms with Crippen LogP contribution in [0, 0.1) is 0 Å². The first kappa shape index (κ1) is 13.1. The molecule has 1 unspecified atom stereocenters. The minimum Gasteiger partial charge on any atom is -0.353 e. The quantitative estimate of drug-likeness (QED) is 0.774. The lowest BCUT2D eigenvalue weighted by molar-refractivity contribution is -0.121. The Morgan fingerprint density at radius 1 is 1.56 bits per heavy atom. The molecule has 1 fully saturated rings. The van der Waals surface area contributed by atoms with E-state index in [0.717, 1.165) is 25.9 Å². The van der Waals surface area contributed by atoms with E-state index in [0.29, 0.717) is 18.5 Å². The highest BCUT2D eigenvalue weighted by Crippen LogP contribution is 2.19. The maximum absolute atomic E-state index is 11.7. The first-order valence-corrected chi connectivity index (χ1v) is 6.88. The van der Waals surface area contributed by atoms with Gasteiger partial charge < -0.3 is 15.2 Å². The standard InChI is InChI=1S/C14H23N3O/c1-3-15-11(2)13-5-4-9-17(13)10-8-14(18)16-12-6-7-12/h4-5,9,11-12,15H,3,6-8,10H2,1-2H3,(H,16,18). The third-order valence-corrected chi connectivity index (χ3v) is 3.34. The summed E-state index contributed by atoms with van der Waals surface area (Å²) in [5.41, 5.74) is 1.25. The number of hydrogen-bond donors (Lipinski definition) is 2. The van der Waals surface area contributed by atoms with Crippen molar-refractivity contribution in [3.8, 4) is 0 Å². The van der Waals surface area contributed by atoms with Crippen molar-refractivity contribution in [3.63, 3.8) is 0 Å². The normalized spacial score (nSPS) is 16.6. The molecule has 1 aromatic rings. The minimum absolute atomic E-state index is 0.174. The molecule has 1 atom stereocenters. The topological polar surface area (TPSA) is 46.1 Å². The van der Waals surface area contributed by atoms with Gasteiger partial charge in [-0.1, -0.05) is 6.92 Å². The summed E-state index contributed by atoms with van der Waals surface area (Å²) >= 11 is 0. The SMILES string of the molecule is CCNC(C)c1cccn1CCC(=O)NC1CC1. The van der Waals surface area contributed by atoms with Gasteiger partial charge in [-0.15, -0.1) is 0 Å². The van der Waals surface area contributed by atoms with Crippen LogP contribution in [0.15, 0.2) is 18.3 Å². The molecule has 1 amide bonds. The van der Waals surface area contributed by atoms with Gasteiger partial charge in [-0.25, -0.2) is 0 Å². The third-order valence-electron chi connectivity index (χ3n) is 3.34. The van der Waals surface area contributed by atoms with Crippen LogP contribution < -0.4 is 10.6 Å². The van der Waals surface area contributed by atoms with E-state index in [1.807, 2.05) is 12.3 Å². The molecule has 4 nitrogen and oxygen atoms in total. The minimum atomic E-state index is 0.174. The Bertz CT molecular complexity index is 395. The van der Waals surface area contributed by atoms with Gasteiger partial charge in [0, 0.05) is 36.9 Å². The van der Waals surface area contributed by atoms with Crippen molar-refractivity contribution in [2.75, 3.05) is 6.54 Å². The first-order chi connectivity index (χ1) is 8.70. The van der Waals surface area contributed by atoms with Crippen LogP contribution in [0.4, 0.5) is 0 Å². The van der Waals surface area contributed by atoms with Crippen molar-refractivity contribution in [3.05, 3.63) is 24.0 Å². The Morgan fingerprint density at radius 3 is 3.00 bits per heavy atom. The van der Waals surface area contributed by atoms with Gasteiger partial charge in [0.25, 0.3) is 0 Å². The van der Waals surface area contributed by atoms with E-state index in [1.165, 1.54) is 5.69 Å². The molecule has 1 saturated carbocycles. The third kappa shape index (κ3) is 3.60. The number of nitrogens with one attached hydrogen (secondary N) is 2. The van der Waals surface area contributed by atoms with Gasteiger partial charge in [0.15, 0.2) is 0 Å². The number of carbonyl (C=O) groups is 1. The molecule has 1 aromatic heterocycles. The van der Waals surface area contributed by atoms with E-state index < -0.39 is 0 Å². The van der Waals surface area contributed by atoms with Crippen LogP contribution >= 0.6 is 0 Å². The van der Waals surface area contributed by atoms with Gasteiger partial charge in [0.1, 0.15) is 0 Å². The van der Waals surface area contributed by atoms with Crippen LogP contribution in [0.5, 0.6) is 0 Å². The number of nitrogens with zero attached hydrogens (tertiary/aromatic N) is 1. The summed E-state index contributed by atoms with van der Waals surface area (Å²) in [6.45, 7) is 5.97. The van der Waals surface area contributed by atoms with Crippen molar-refractivity contribution in [1.29, 1.82) is 0 Å². The molecule has 0 spiro atoms. The highest BCUT2D eigenvalue weighted by molar-refractivity contribution is 5.76. The summed E-state index contributed by atoms with van der Waals surface area (Å²) < 4.78 is 2.17. The Kier molecular flexibility index (Phi) is 4.42. The zero-order valence-electron chi connectivity index (χ0n) is 11.3. The summed E-state index contributed by atoms with van der Waals surface area (Å²) in [4.78, 5) is 11.7. The fourth-order valence-electron chi connectivity index (χ4n) is 2.18. The van der Waals surface area contributed by atoms with Crippen molar-refractivity contribution < 1.29 is 4.79 Å². The van der Waals surface area contributed by atoms with Gasteiger partial charge in [-0.2, -0.15) is 0 Å². The molecule has 4 heteroatoms. The zero-order chi connectivity index (χ0) is 13.0. The molecular weight excluding hydrogens is 226 g/mol. The first-order valence-electron chi connectivity index (χ1n) is 6.88. The maximum Gasteiger partial charge on any atom is 0.222 e. The molecule has 1 aliphatic rings. The molecule has 1 aliphatic carbocycles. The average molecular weight is 249 g/mol. The van der Waals surface area contributed by atoms with Crippen LogP contribution in [0.3, 0.4) is 0 Å². The molecule has 0 radical (unpaired) electrons. The molecule has 100 valence electrons. The fourth-order valence-corrected chi connectivity index (χ4v) is 2.18. The Balaban J connectivity index is 1.84. The lowest BCUT2D eigenvalue weighted by Gasteiger charge is -2.16. The summed E-state index contributed by atoms with van der Waals surface area (Å²) in [5, 5.41) is 6.42. The lowest BCUT2D eigenvalue weighted by Crippen LogP contribution is -2.27. The van der Waals surface area contributed by atoms with Crippen LogP contribution in [0.2, 0.25) is 0 Å². The van der Waals surface area contributed by atoms with Crippen LogP contribution in [0.25, 0.3) is 0 Å². The molecule has 18 heavy (non-hydrogen) atoms. The smallest absolute Gasteiger partial charge is 0.222 e. The molecule has 0 aliphatic heterocycles. The second-order valence-corrected chi connectivity index (χ2v) is 5.00. The number of aromatic nitrogens is 1. The highest BCUT2D eigenvalue weighted by atomic mass is 16.1. The monoisotopic (exact) mass is 249 g/mol. The van der Waals surface area contributed by atoms with E-state index in [2.05, 4.69) is 35.1 Å². The second kappa shape index (κ2) is 6.05. The number of hydrogen-bond acceptors (Lipinski definition) is 2. The van der Waals surface area contributed by atoms with E-state index in [1.54, 1.807) is 0 Å². The Labute approximate surface area is 109 Å². The summed E-state index contributed by atoms with van der Waals surface area (Å²) in [7, 11) is 0. The molecule has 2 N–H and O–H groups in total. The summed E-state index contributed by atoms with van der Waals surface area (Å²) in [6, 6.07) is 4.95. The maximum atomic E-state index is 11.7. The largest absolute Gasteiger partial charge is 0.353 e. The second-order valence-electron chi connectivity index (χ2n) is 5.00. The Morgan fingerprint density at radius 2 is 2.33 bits per heavy atom. The zero-order valence-corrected chi connectivity index (χ0v) is 11.3. The van der Waals surface area contributed by atoms with Gasteiger partial charge in [-0.3, -0.25) is 4.79 Å². The van der Waals surface area contributed by atoms with Crippen molar-refractivity contribution in [2.24, 2.45) is 0 Å². The summed E-state index contributed by atoms with van der Waals surface area (Å²) in [5.74, 6) is 0.174. The number of amides is 1. The Hall–Kier alpha value is -1.29. The molecule has 0 aromatic carbocycles. The van der Waals surface area contributed by atoms with E-state index in [9.17, 15) is 4.79 Å². The number of rotatable bonds is 7. The molecule has 2 rings (SSSR count). The van der Waals surface area contributed by atoms with E-state index >= 15 is 0 Å². The van der Waals surface area contributed by atoms with Crippen molar-refractivity contribution in [1.82, 2.24) is 15.2 Å².